The van der Waals surface area contributed by atoms with E-state index in [1.54, 1.807) is 12.2 Å². The van der Waals surface area contributed by atoms with Crippen molar-refractivity contribution in [3.8, 4) is 0 Å². The van der Waals surface area contributed by atoms with Gasteiger partial charge in [0.2, 0.25) is 6.54 Å². The van der Waals surface area contributed by atoms with Crippen molar-refractivity contribution in [1.82, 2.24) is 0 Å². The Morgan fingerprint density at radius 3 is 2.67 bits per heavy atom. The Hall–Kier alpha value is -1.97. The maximum atomic E-state index is 12.2. The molecule has 4 heteroatoms. The maximum absolute atomic E-state index is 12.2. The van der Waals surface area contributed by atoms with Crippen molar-refractivity contribution in [1.29, 1.82) is 0 Å². The molecule has 0 aliphatic heterocycles. The molecule has 0 fully saturated rings. The minimum Gasteiger partial charge on any atom is -0.294 e. The fourth-order valence-corrected chi connectivity index (χ4v) is 2.62. The Balaban J connectivity index is 2.47. The molecule has 0 N–H and O–H groups in total. The molecule has 1 aromatic carbocycles. The van der Waals surface area contributed by atoms with Crippen molar-refractivity contribution in [2.45, 2.75) is 25.2 Å². The number of ketones is 1. The molecule has 1 aromatic rings. The number of nitrogens with zero attached hydrogens (tertiary/aromatic N) is 1. The van der Waals surface area contributed by atoms with Gasteiger partial charge in [-0.15, -0.1) is 0 Å². The second kappa shape index (κ2) is 4.72. The van der Waals surface area contributed by atoms with E-state index in [2.05, 4.69) is 0 Å². The summed E-state index contributed by atoms with van der Waals surface area (Å²) in [5.41, 5.74) is 1.18. The highest BCUT2D eigenvalue weighted by Crippen LogP contribution is 2.38. The van der Waals surface area contributed by atoms with Crippen molar-refractivity contribution >= 4 is 11.9 Å². The molecule has 0 amide bonds. The standard InChI is InChI=1S/C14H15NO3/c1-2-14(9-10-15(17)18)12-6-4-3-5-11(12)7-8-13(14)16/h3-8H,2,9-10H2,1H3/t14-/m1/s1. The van der Waals surface area contributed by atoms with Gasteiger partial charge in [0.25, 0.3) is 0 Å². The van der Waals surface area contributed by atoms with Crippen LogP contribution >= 0.6 is 0 Å². The van der Waals surface area contributed by atoms with Crippen LogP contribution in [0, 0.1) is 10.1 Å². The van der Waals surface area contributed by atoms with Gasteiger partial charge in [-0.2, -0.15) is 0 Å². The molecule has 0 spiro atoms. The monoisotopic (exact) mass is 245 g/mol. The summed E-state index contributed by atoms with van der Waals surface area (Å²) >= 11 is 0. The lowest BCUT2D eigenvalue weighted by atomic mass is 9.68. The van der Waals surface area contributed by atoms with Gasteiger partial charge in [-0.1, -0.05) is 37.3 Å². The molecule has 1 atom stereocenters. The topological polar surface area (TPSA) is 60.2 Å². The molecule has 0 radical (unpaired) electrons. The first-order valence-corrected chi connectivity index (χ1v) is 6.04. The fraction of sp³-hybridized carbons (Fsp3) is 0.357. The summed E-state index contributed by atoms with van der Waals surface area (Å²) in [5.74, 6) is -0.0226. The third-order valence-corrected chi connectivity index (χ3v) is 3.69. The number of nitro groups is 1. The number of carbonyl (C=O) groups is 1. The molecule has 0 heterocycles. The van der Waals surface area contributed by atoms with E-state index in [1.807, 2.05) is 31.2 Å². The second-order valence-electron chi connectivity index (χ2n) is 4.53. The third kappa shape index (κ3) is 1.94. The maximum Gasteiger partial charge on any atom is 0.205 e. The summed E-state index contributed by atoms with van der Waals surface area (Å²) in [4.78, 5) is 22.5. The van der Waals surface area contributed by atoms with E-state index in [9.17, 15) is 14.9 Å². The summed E-state index contributed by atoms with van der Waals surface area (Å²) in [6, 6.07) is 7.63. The Labute approximate surface area is 105 Å². The van der Waals surface area contributed by atoms with Crippen LogP contribution < -0.4 is 0 Å². The zero-order chi connectivity index (χ0) is 13.2. The van der Waals surface area contributed by atoms with Gasteiger partial charge in [-0.05, 0) is 23.6 Å². The van der Waals surface area contributed by atoms with Crippen LogP contribution in [-0.2, 0) is 10.2 Å². The molecule has 0 saturated carbocycles. The Kier molecular flexibility index (Phi) is 3.28. The number of hydrogen-bond donors (Lipinski definition) is 0. The van der Waals surface area contributed by atoms with Gasteiger partial charge < -0.3 is 0 Å². The van der Waals surface area contributed by atoms with Crippen molar-refractivity contribution in [2.24, 2.45) is 0 Å². The van der Waals surface area contributed by atoms with Crippen LogP contribution in [0.2, 0.25) is 0 Å². The summed E-state index contributed by atoms with van der Waals surface area (Å²) in [6.07, 6.45) is 4.18. The lowest BCUT2D eigenvalue weighted by Gasteiger charge is -2.33. The Bertz CT molecular complexity index is 522. The van der Waals surface area contributed by atoms with Crippen LogP contribution in [0.4, 0.5) is 0 Å². The molecule has 94 valence electrons. The van der Waals surface area contributed by atoms with Crippen molar-refractivity contribution in [2.75, 3.05) is 6.54 Å². The molecule has 1 aliphatic rings. The highest BCUT2D eigenvalue weighted by atomic mass is 16.6. The van der Waals surface area contributed by atoms with Crippen molar-refractivity contribution in [3.63, 3.8) is 0 Å². The molecule has 2 rings (SSSR count). The van der Waals surface area contributed by atoms with E-state index in [0.29, 0.717) is 6.42 Å². The van der Waals surface area contributed by atoms with Crippen LogP contribution in [0.25, 0.3) is 6.08 Å². The highest BCUT2D eigenvalue weighted by Gasteiger charge is 2.41. The van der Waals surface area contributed by atoms with Crippen LogP contribution in [0.3, 0.4) is 0 Å². The normalized spacial score (nSPS) is 21.7. The second-order valence-corrected chi connectivity index (χ2v) is 4.53. The van der Waals surface area contributed by atoms with E-state index in [-0.39, 0.29) is 23.7 Å². The SMILES string of the molecule is CC[C@]1(CC[N+](=O)[O-])C(=O)C=Cc2ccccc21. The van der Waals surface area contributed by atoms with Crippen molar-refractivity contribution < 1.29 is 9.72 Å². The molecule has 4 nitrogen and oxygen atoms in total. The number of carbonyl (C=O) groups excluding carboxylic acids is 1. The van der Waals surface area contributed by atoms with E-state index in [4.69, 9.17) is 0 Å². The third-order valence-electron chi connectivity index (χ3n) is 3.69. The van der Waals surface area contributed by atoms with Gasteiger partial charge in [0.1, 0.15) is 0 Å². The average molecular weight is 245 g/mol. The minimum atomic E-state index is -0.724. The van der Waals surface area contributed by atoms with Gasteiger partial charge in [0.05, 0.1) is 5.41 Å². The average Bonchev–Trinajstić information content (AvgIpc) is 2.38. The first kappa shape index (κ1) is 12.5. The molecule has 0 saturated heterocycles. The predicted molar refractivity (Wildman–Crippen MR) is 68.9 cm³/mol. The number of hydrogen-bond acceptors (Lipinski definition) is 3. The summed E-state index contributed by atoms with van der Waals surface area (Å²) in [6.45, 7) is 1.73. The van der Waals surface area contributed by atoms with E-state index >= 15 is 0 Å². The molecule has 18 heavy (non-hydrogen) atoms. The van der Waals surface area contributed by atoms with E-state index in [1.165, 1.54) is 0 Å². The molecule has 0 unspecified atom stereocenters. The largest absolute Gasteiger partial charge is 0.294 e. The first-order chi connectivity index (χ1) is 8.60. The van der Waals surface area contributed by atoms with Crippen molar-refractivity contribution in [3.05, 3.63) is 51.6 Å². The van der Waals surface area contributed by atoms with Crippen LogP contribution in [0.1, 0.15) is 30.9 Å². The Morgan fingerprint density at radius 2 is 2.00 bits per heavy atom. The van der Waals surface area contributed by atoms with E-state index in [0.717, 1.165) is 11.1 Å². The fourth-order valence-electron chi connectivity index (χ4n) is 2.62. The molecule has 1 aliphatic carbocycles. The summed E-state index contributed by atoms with van der Waals surface area (Å²) in [5, 5.41) is 10.6. The smallest absolute Gasteiger partial charge is 0.205 e. The van der Waals surface area contributed by atoms with Gasteiger partial charge in [-0.25, -0.2) is 0 Å². The number of fused-ring (bicyclic) bond motifs is 1. The zero-order valence-electron chi connectivity index (χ0n) is 10.3. The highest BCUT2D eigenvalue weighted by molar-refractivity contribution is 6.05. The lowest BCUT2D eigenvalue weighted by Crippen LogP contribution is -2.38. The lowest BCUT2D eigenvalue weighted by molar-refractivity contribution is -0.481. The first-order valence-electron chi connectivity index (χ1n) is 6.04. The molecule has 0 aromatic heterocycles. The number of allylic oxidation sites excluding steroid dienone is 1. The van der Waals surface area contributed by atoms with Gasteiger partial charge in [0, 0.05) is 11.3 Å². The number of rotatable bonds is 4. The predicted octanol–water partition coefficient (Wildman–Crippen LogP) is 2.60. The molecular weight excluding hydrogens is 230 g/mol. The van der Waals surface area contributed by atoms with Gasteiger partial charge in [0.15, 0.2) is 5.78 Å². The number of benzene rings is 1. The summed E-state index contributed by atoms with van der Waals surface area (Å²) in [7, 11) is 0. The zero-order valence-corrected chi connectivity index (χ0v) is 10.3. The van der Waals surface area contributed by atoms with Crippen LogP contribution in [0.15, 0.2) is 30.3 Å². The van der Waals surface area contributed by atoms with Gasteiger partial charge in [-0.3, -0.25) is 14.9 Å². The molecule has 0 bridgehead atoms. The van der Waals surface area contributed by atoms with E-state index < -0.39 is 5.41 Å². The van der Waals surface area contributed by atoms with Gasteiger partial charge >= 0.3 is 0 Å². The van der Waals surface area contributed by atoms with Crippen LogP contribution in [0.5, 0.6) is 0 Å². The Morgan fingerprint density at radius 1 is 1.28 bits per heavy atom. The quantitative estimate of drug-likeness (QED) is 0.605. The van der Waals surface area contributed by atoms with Crippen LogP contribution in [-0.4, -0.2) is 17.3 Å². The molecular formula is C14H15NO3. The summed E-state index contributed by atoms with van der Waals surface area (Å²) < 4.78 is 0. The minimum absolute atomic E-state index is 0.0226.